The largest absolute Gasteiger partial charge is 0.449 e. The lowest BCUT2D eigenvalue weighted by atomic mass is 9.93. The summed E-state index contributed by atoms with van der Waals surface area (Å²) in [6, 6.07) is 7.53. The van der Waals surface area contributed by atoms with Gasteiger partial charge in [0.1, 0.15) is 6.61 Å². The van der Waals surface area contributed by atoms with E-state index in [0.29, 0.717) is 30.8 Å². The number of hydrogen-bond donors (Lipinski definition) is 0. The molecule has 0 saturated carbocycles. The summed E-state index contributed by atoms with van der Waals surface area (Å²) in [5.41, 5.74) is 2.47. The van der Waals surface area contributed by atoms with E-state index < -0.39 is 16.0 Å². The van der Waals surface area contributed by atoms with Crippen LogP contribution in [0.3, 0.4) is 0 Å². The Labute approximate surface area is 190 Å². The maximum absolute atomic E-state index is 12.8. The molecule has 3 rings (SSSR count). The fourth-order valence-corrected chi connectivity index (χ4v) is 3.58. The van der Waals surface area contributed by atoms with E-state index in [2.05, 4.69) is 20.8 Å². The molecule has 0 unspecified atom stereocenters. The molecule has 1 aromatic carbocycles. The topological polar surface area (TPSA) is 60.8 Å². The van der Waals surface area contributed by atoms with Crippen LogP contribution in [0.2, 0.25) is 0 Å². The molecule has 9 heteroatoms. The molecule has 30 heavy (non-hydrogen) atoms. The van der Waals surface area contributed by atoms with Gasteiger partial charge in [0.25, 0.3) is 0 Å². The van der Waals surface area contributed by atoms with Gasteiger partial charge in [-0.25, -0.2) is 14.2 Å². The van der Waals surface area contributed by atoms with Gasteiger partial charge in [-0.15, -0.1) is 0 Å². The second-order valence-electron chi connectivity index (χ2n) is 8.54. The molecule has 1 amide bonds. The molecule has 6 nitrogen and oxygen atoms in total. The fourth-order valence-electron chi connectivity index (χ4n) is 3.42. The smallest absolute Gasteiger partial charge is 0.418 e. The molecule has 0 saturated heterocycles. The number of aromatic nitrogens is 1. The summed E-state index contributed by atoms with van der Waals surface area (Å²) < 4.78 is 10.4. The lowest BCUT2D eigenvalue weighted by Gasteiger charge is -2.28. The summed E-state index contributed by atoms with van der Waals surface area (Å²) in [6.07, 6.45) is 0.328. The molecule has 2 heterocycles. The van der Waals surface area contributed by atoms with Gasteiger partial charge >= 0.3 is 12.2 Å². The van der Waals surface area contributed by atoms with Gasteiger partial charge in [-0.1, -0.05) is 73.8 Å². The molecule has 1 aliphatic rings. The van der Waals surface area contributed by atoms with Gasteiger partial charge in [0.2, 0.25) is 3.79 Å². The van der Waals surface area contributed by atoms with Gasteiger partial charge < -0.3 is 14.4 Å². The van der Waals surface area contributed by atoms with Crippen LogP contribution in [0.5, 0.6) is 0 Å². The maximum atomic E-state index is 12.8. The summed E-state index contributed by atoms with van der Waals surface area (Å²) in [5, 5.41) is 0.944. The quantitative estimate of drug-likeness (QED) is 0.516. The van der Waals surface area contributed by atoms with Crippen LogP contribution in [-0.2, 0) is 22.4 Å². The zero-order chi connectivity index (χ0) is 22.1. The first-order valence-corrected chi connectivity index (χ1v) is 10.9. The number of benzene rings is 1. The van der Waals surface area contributed by atoms with Gasteiger partial charge in [0.05, 0.1) is 24.4 Å². The van der Waals surface area contributed by atoms with Crippen molar-refractivity contribution in [3.05, 3.63) is 35.5 Å². The second kappa shape index (κ2) is 8.85. The third kappa shape index (κ3) is 5.54. The van der Waals surface area contributed by atoms with Crippen LogP contribution in [0.4, 0.5) is 9.59 Å². The number of rotatable bonds is 3. The lowest BCUT2D eigenvalue weighted by Crippen LogP contribution is -2.38. The van der Waals surface area contributed by atoms with E-state index in [1.807, 2.05) is 24.3 Å². The number of fused-ring (bicyclic) bond motifs is 3. The third-order valence-electron chi connectivity index (χ3n) is 4.94. The number of carbonyl (C=O) groups is 2. The van der Waals surface area contributed by atoms with Crippen molar-refractivity contribution in [2.24, 2.45) is 5.41 Å². The first-order chi connectivity index (χ1) is 14.0. The van der Waals surface area contributed by atoms with E-state index in [9.17, 15) is 9.59 Å². The van der Waals surface area contributed by atoms with Crippen molar-refractivity contribution in [2.45, 2.75) is 44.0 Å². The average Bonchev–Trinajstić information content (AvgIpc) is 2.98. The van der Waals surface area contributed by atoms with Crippen LogP contribution < -0.4 is 0 Å². The number of para-hydroxylation sites is 1. The van der Waals surface area contributed by atoms with Crippen molar-refractivity contribution >= 4 is 57.9 Å². The van der Waals surface area contributed by atoms with Crippen molar-refractivity contribution in [3.8, 4) is 0 Å². The van der Waals surface area contributed by atoms with E-state index in [0.717, 1.165) is 17.4 Å². The highest BCUT2D eigenvalue weighted by Crippen LogP contribution is 2.32. The average molecular weight is 476 g/mol. The van der Waals surface area contributed by atoms with Crippen LogP contribution in [-0.4, -0.2) is 45.2 Å². The Hall–Kier alpha value is -1.63. The summed E-state index contributed by atoms with van der Waals surface area (Å²) in [7, 11) is 0. The SMILES string of the molecule is CC(C)(C)CCOC(=O)N1CCc2c(n(C(=O)OCC(Cl)(Cl)Cl)c3ccccc23)C1. The number of hydrogen-bond acceptors (Lipinski definition) is 4. The minimum absolute atomic E-state index is 0.0774. The summed E-state index contributed by atoms with van der Waals surface area (Å²) in [4.78, 5) is 27.0. The molecule has 0 atom stereocenters. The van der Waals surface area contributed by atoms with E-state index in [1.165, 1.54) is 4.57 Å². The molecule has 0 N–H and O–H groups in total. The molecule has 0 aliphatic carbocycles. The standard InChI is InChI=1S/C21H25Cl3N2O4/c1-20(2,3)9-11-29-18(27)25-10-8-15-14-6-4-5-7-16(14)26(17(15)12-25)19(28)30-13-21(22,23)24/h4-7H,8-13H2,1-3H3. The van der Waals surface area contributed by atoms with Crippen molar-refractivity contribution in [1.82, 2.24) is 9.47 Å². The second-order valence-corrected chi connectivity index (χ2v) is 11.1. The van der Waals surface area contributed by atoms with E-state index in [1.54, 1.807) is 4.90 Å². The monoisotopic (exact) mass is 474 g/mol. The molecular weight excluding hydrogens is 451 g/mol. The number of halogens is 3. The van der Waals surface area contributed by atoms with Gasteiger partial charge in [-0.05, 0) is 29.9 Å². The highest BCUT2D eigenvalue weighted by Gasteiger charge is 2.31. The molecule has 0 spiro atoms. The van der Waals surface area contributed by atoms with Crippen LogP contribution in [0.25, 0.3) is 10.9 Å². The Morgan fingerprint density at radius 3 is 2.43 bits per heavy atom. The third-order valence-corrected chi connectivity index (χ3v) is 5.27. The van der Waals surface area contributed by atoms with Gasteiger partial charge in [-0.3, -0.25) is 0 Å². The molecule has 0 radical (unpaired) electrons. The predicted molar refractivity (Wildman–Crippen MR) is 119 cm³/mol. The highest BCUT2D eigenvalue weighted by molar-refractivity contribution is 6.67. The molecule has 1 aliphatic heterocycles. The molecular formula is C21H25Cl3N2O4. The van der Waals surface area contributed by atoms with E-state index in [4.69, 9.17) is 44.3 Å². The Bertz CT molecular complexity index is 944. The Morgan fingerprint density at radius 2 is 1.77 bits per heavy atom. The Kier molecular flexibility index (Phi) is 6.80. The number of carbonyl (C=O) groups excluding carboxylic acids is 2. The zero-order valence-electron chi connectivity index (χ0n) is 17.2. The summed E-state index contributed by atoms with van der Waals surface area (Å²) >= 11 is 17.2. The van der Waals surface area contributed by atoms with Crippen molar-refractivity contribution in [1.29, 1.82) is 0 Å². The first kappa shape index (κ1) is 23.0. The zero-order valence-corrected chi connectivity index (χ0v) is 19.5. The highest BCUT2D eigenvalue weighted by atomic mass is 35.6. The van der Waals surface area contributed by atoms with E-state index >= 15 is 0 Å². The van der Waals surface area contributed by atoms with Crippen molar-refractivity contribution in [2.75, 3.05) is 19.8 Å². The van der Waals surface area contributed by atoms with Crippen molar-refractivity contribution in [3.63, 3.8) is 0 Å². The lowest BCUT2D eigenvalue weighted by molar-refractivity contribution is 0.0867. The van der Waals surface area contributed by atoms with Gasteiger partial charge in [0, 0.05) is 11.9 Å². The molecule has 1 aromatic heterocycles. The number of nitrogens with zero attached hydrogens (tertiary/aromatic N) is 2. The first-order valence-electron chi connectivity index (χ1n) is 9.73. The van der Waals surface area contributed by atoms with Crippen LogP contribution >= 0.6 is 34.8 Å². The van der Waals surface area contributed by atoms with Gasteiger partial charge in [-0.2, -0.15) is 0 Å². The maximum Gasteiger partial charge on any atom is 0.418 e. The fraction of sp³-hybridized carbons (Fsp3) is 0.524. The molecule has 164 valence electrons. The summed E-state index contributed by atoms with van der Waals surface area (Å²) in [5.74, 6) is 0. The predicted octanol–water partition coefficient (Wildman–Crippen LogP) is 5.93. The van der Waals surface area contributed by atoms with Crippen LogP contribution in [0.15, 0.2) is 24.3 Å². The minimum Gasteiger partial charge on any atom is -0.449 e. The number of alkyl halides is 3. The van der Waals surface area contributed by atoms with Crippen LogP contribution in [0, 0.1) is 5.41 Å². The number of ether oxygens (including phenoxy) is 2. The number of amides is 1. The molecule has 2 aromatic rings. The normalized spacial score (nSPS) is 14.5. The molecule has 0 bridgehead atoms. The summed E-state index contributed by atoms with van der Waals surface area (Å²) in [6.45, 7) is 7.00. The Morgan fingerprint density at radius 1 is 1.07 bits per heavy atom. The molecule has 0 fully saturated rings. The van der Waals surface area contributed by atoms with Crippen LogP contribution in [0.1, 0.15) is 38.4 Å². The van der Waals surface area contributed by atoms with E-state index in [-0.39, 0.29) is 18.6 Å². The van der Waals surface area contributed by atoms with Crippen molar-refractivity contribution < 1.29 is 19.1 Å². The minimum atomic E-state index is -1.71. The van der Waals surface area contributed by atoms with Gasteiger partial charge in [0.15, 0.2) is 0 Å². The Balaban J connectivity index is 1.83.